The van der Waals surface area contributed by atoms with Gasteiger partial charge in [0, 0.05) is 18.2 Å². The molecule has 1 aliphatic heterocycles. The van der Waals surface area contributed by atoms with Crippen molar-refractivity contribution in [3.63, 3.8) is 0 Å². The maximum Gasteiger partial charge on any atom is 0.410 e. The number of nitro groups is 1. The molecule has 20 heavy (non-hydrogen) atoms. The number of ether oxygens (including phenoxy) is 1. The minimum Gasteiger partial charge on any atom is -0.448 e. The second-order valence-electron chi connectivity index (χ2n) is 4.53. The van der Waals surface area contributed by atoms with Crippen molar-refractivity contribution < 1.29 is 14.5 Å². The molecular formula is C13H17N3O4. The van der Waals surface area contributed by atoms with Gasteiger partial charge in [-0.25, -0.2) is 4.79 Å². The van der Waals surface area contributed by atoms with Gasteiger partial charge in [0.25, 0.3) is 5.69 Å². The quantitative estimate of drug-likeness (QED) is 0.638. The zero-order valence-electron chi connectivity index (χ0n) is 11.3. The Labute approximate surface area is 116 Å². The fraction of sp³-hybridized carbons (Fsp3) is 0.462. The molecular weight excluding hydrogens is 262 g/mol. The number of nitro benzene ring substituents is 1. The molecule has 0 aromatic heterocycles. The number of nitrogens with one attached hydrogen (secondary N) is 1. The topological polar surface area (TPSA) is 84.7 Å². The Hall–Kier alpha value is -2.31. The van der Waals surface area contributed by atoms with E-state index in [1.54, 1.807) is 12.1 Å². The third-order valence-corrected chi connectivity index (χ3v) is 3.08. The first-order valence-corrected chi connectivity index (χ1v) is 6.55. The summed E-state index contributed by atoms with van der Waals surface area (Å²) >= 11 is 0. The Morgan fingerprint density at radius 3 is 2.90 bits per heavy atom. The first kappa shape index (κ1) is 14.1. The highest BCUT2D eigenvalue weighted by Gasteiger charge is 2.25. The Morgan fingerprint density at radius 1 is 1.50 bits per heavy atom. The van der Waals surface area contributed by atoms with E-state index in [2.05, 4.69) is 5.32 Å². The number of benzene rings is 1. The van der Waals surface area contributed by atoms with Crippen LogP contribution in [0.1, 0.15) is 18.9 Å². The molecule has 1 heterocycles. The molecule has 1 fully saturated rings. The first-order valence-electron chi connectivity index (χ1n) is 6.55. The molecule has 1 amide bonds. The van der Waals surface area contributed by atoms with Gasteiger partial charge in [0.2, 0.25) is 0 Å². The molecule has 1 aromatic rings. The largest absolute Gasteiger partial charge is 0.448 e. The van der Waals surface area contributed by atoms with Crippen LogP contribution in [0.2, 0.25) is 0 Å². The molecule has 0 bridgehead atoms. The lowest BCUT2D eigenvalue weighted by Crippen LogP contribution is -2.24. The summed E-state index contributed by atoms with van der Waals surface area (Å²) < 4.78 is 4.87. The fourth-order valence-electron chi connectivity index (χ4n) is 2.10. The molecule has 7 nitrogen and oxygen atoms in total. The van der Waals surface area contributed by atoms with Crippen LogP contribution in [0.3, 0.4) is 0 Å². The summed E-state index contributed by atoms with van der Waals surface area (Å²) in [4.78, 5) is 23.7. The van der Waals surface area contributed by atoms with Gasteiger partial charge in [0.15, 0.2) is 0 Å². The average molecular weight is 279 g/mol. The maximum atomic E-state index is 11.5. The molecule has 0 atom stereocenters. The third kappa shape index (κ3) is 2.98. The van der Waals surface area contributed by atoms with E-state index in [4.69, 9.17) is 4.74 Å². The van der Waals surface area contributed by atoms with E-state index in [9.17, 15) is 14.9 Å². The predicted octanol–water partition coefficient (Wildman–Crippen LogP) is 2.37. The molecule has 1 aromatic carbocycles. The molecule has 2 rings (SSSR count). The number of rotatable bonds is 6. The Balaban J connectivity index is 2.28. The lowest BCUT2D eigenvalue weighted by Gasteiger charge is -2.16. The van der Waals surface area contributed by atoms with Crippen molar-refractivity contribution in [2.24, 2.45) is 0 Å². The van der Waals surface area contributed by atoms with Crippen LogP contribution in [-0.4, -0.2) is 35.6 Å². The standard InChI is InChI=1S/C13H17N3O4/c1-2-6-14-12-10(4-3-5-11(12)16(18)19)9-15-7-8-20-13(15)17/h3-5,14H,2,6-9H2,1H3. The minimum absolute atomic E-state index is 0.0310. The molecule has 0 unspecified atom stereocenters. The van der Waals surface area contributed by atoms with Gasteiger partial charge in [0.05, 0.1) is 18.0 Å². The molecule has 0 aliphatic carbocycles. The van der Waals surface area contributed by atoms with Crippen molar-refractivity contribution in [3.8, 4) is 0 Å². The van der Waals surface area contributed by atoms with Crippen LogP contribution < -0.4 is 5.32 Å². The number of carbonyl (C=O) groups excluding carboxylic acids is 1. The van der Waals surface area contributed by atoms with E-state index >= 15 is 0 Å². The van der Waals surface area contributed by atoms with Crippen LogP contribution in [0.15, 0.2) is 18.2 Å². The van der Waals surface area contributed by atoms with Gasteiger partial charge in [-0.3, -0.25) is 10.1 Å². The Bertz CT molecular complexity index is 518. The number of cyclic esters (lactones) is 1. The van der Waals surface area contributed by atoms with E-state index in [1.807, 2.05) is 6.92 Å². The van der Waals surface area contributed by atoms with Crippen molar-refractivity contribution >= 4 is 17.5 Å². The number of amides is 1. The second-order valence-corrected chi connectivity index (χ2v) is 4.53. The van der Waals surface area contributed by atoms with Crippen LogP contribution in [0.5, 0.6) is 0 Å². The smallest absolute Gasteiger partial charge is 0.410 e. The minimum atomic E-state index is -0.413. The molecule has 108 valence electrons. The first-order chi connectivity index (χ1) is 9.63. The summed E-state index contributed by atoms with van der Waals surface area (Å²) in [7, 11) is 0. The van der Waals surface area contributed by atoms with Crippen LogP contribution >= 0.6 is 0 Å². The van der Waals surface area contributed by atoms with E-state index in [0.717, 1.165) is 12.0 Å². The van der Waals surface area contributed by atoms with Crippen molar-refractivity contribution in [3.05, 3.63) is 33.9 Å². The van der Waals surface area contributed by atoms with Gasteiger partial charge in [0.1, 0.15) is 12.3 Å². The molecule has 1 aliphatic rings. The van der Waals surface area contributed by atoms with Crippen LogP contribution in [-0.2, 0) is 11.3 Å². The highest BCUT2D eigenvalue weighted by atomic mass is 16.6. The highest BCUT2D eigenvalue weighted by molar-refractivity contribution is 5.71. The van der Waals surface area contributed by atoms with E-state index in [-0.39, 0.29) is 11.8 Å². The third-order valence-electron chi connectivity index (χ3n) is 3.08. The number of hydrogen-bond acceptors (Lipinski definition) is 5. The van der Waals surface area contributed by atoms with Crippen molar-refractivity contribution in [2.45, 2.75) is 19.9 Å². The van der Waals surface area contributed by atoms with E-state index in [0.29, 0.717) is 31.9 Å². The summed E-state index contributed by atoms with van der Waals surface area (Å²) in [6.45, 7) is 3.81. The monoisotopic (exact) mass is 279 g/mol. The number of anilines is 1. The lowest BCUT2D eigenvalue weighted by atomic mass is 10.1. The van der Waals surface area contributed by atoms with E-state index in [1.165, 1.54) is 11.0 Å². The predicted molar refractivity (Wildman–Crippen MR) is 73.6 cm³/mol. The van der Waals surface area contributed by atoms with Gasteiger partial charge < -0.3 is 15.0 Å². The molecule has 1 saturated heterocycles. The summed E-state index contributed by atoms with van der Waals surface area (Å²) in [5, 5.41) is 14.2. The zero-order valence-corrected chi connectivity index (χ0v) is 11.3. The molecule has 0 saturated carbocycles. The van der Waals surface area contributed by atoms with Gasteiger partial charge in [-0.2, -0.15) is 0 Å². The number of carbonyl (C=O) groups is 1. The molecule has 0 radical (unpaired) electrons. The number of para-hydroxylation sites is 1. The average Bonchev–Trinajstić information content (AvgIpc) is 2.82. The SMILES string of the molecule is CCCNc1c(CN2CCOC2=O)cccc1[N+](=O)[O-]. The summed E-state index contributed by atoms with van der Waals surface area (Å²) in [5.74, 6) is 0. The van der Waals surface area contributed by atoms with Crippen molar-refractivity contribution in [1.82, 2.24) is 4.90 Å². The molecule has 1 N–H and O–H groups in total. The van der Waals surface area contributed by atoms with Gasteiger partial charge in [-0.15, -0.1) is 0 Å². The van der Waals surface area contributed by atoms with Gasteiger partial charge in [-0.05, 0) is 6.42 Å². The zero-order chi connectivity index (χ0) is 14.5. The van der Waals surface area contributed by atoms with Crippen molar-refractivity contribution in [2.75, 3.05) is 25.0 Å². The Morgan fingerprint density at radius 2 is 2.30 bits per heavy atom. The van der Waals surface area contributed by atoms with Crippen molar-refractivity contribution in [1.29, 1.82) is 0 Å². The van der Waals surface area contributed by atoms with Gasteiger partial charge >= 0.3 is 6.09 Å². The number of hydrogen-bond donors (Lipinski definition) is 1. The number of nitrogens with zero attached hydrogens (tertiary/aromatic N) is 2. The van der Waals surface area contributed by atoms with Crippen LogP contribution in [0.25, 0.3) is 0 Å². The molecule has 7 heteroatoms. The normalized spacial score (nSPS) is 14.2. The summed E-state index contributed by atoms with van der Waals surface area (Å²) in [6, 6.07) is 4.88. The highest BCUT2D eigenvalue weighted by Crippen LogP contribution is 2.29. The molecule has 0 spiro atoms. The van der Waals surface area contributed by atoms with E-state index < -0.39 is 4.92 Å². The fourth-order valence-corrected chi connectivity index (χ4v) is 2.10. The maximum absolute atomic E-state index is 11.5. The van der Waals surface area contributed by atoms with Crippen LogP contribution in [0, 0.1) is 10.1 Å². The van der Waals surface area contributed by atoms with Gasteiger partial charge in [-0.1, -0.05) is 19.1 Å². The summed E-state index contributed by atoms with van der Waals surface area (Å²) in [5.41, 5.74) is 1.24. The Kier molecular flexibility index (Phi) is 4.39. The van der Waals surface area contributed by atoms with Crippen LogP contribution in [0.4, 0.5) is 16.2 Å². The second kappa shape index (κ2) is 6.23. The summed E-state index contributed by atoms with van der Waals surface area (Å²) in [6.07, 6.45) is 0.481. The lowest BCUT2D eigenvalue weighted by molar-refractivity contribution is -0.384.